The zero-order chi connectivity index (χ0) is 9.42. The van der Waals surface area contributed by atoms with Crippen LogP contribution in [0.3, 0.4) is 0 Å². The van der Waals surface area contributed by atoms with Crippen LogP contribution in [0.25, 0.3) is 11.0 Å². The summed E-state index contributed by atoms with van der Waals surface area (Å²) in [5.74, 6) is -1.12. The lowest BCUT2D eigenvalue weighted by atomic mass is 10.3. The Kier molecular flexibility index (Phi) is 1.38. The number of carboxylic acid groups (broad SMARTS) is 1. The van der Waals surface area contributed by atoms with Gasteiger partial charge in [-0.25, -0.2) is 14.8 Å². The molecule has 0 unspecified atom stereocenters. The molecule has 0 bridgehead atoms. The Morgan fingerprint density at radius 1 is 1.62 bits per heavy atom. The average molecular weight is 179 g/mol. The number of carboxylic acids is 1. The molecule has 2 rings (SSSR count). The maximum absolute atomic E-state index is 10.6. The zero-order valence-corrected chi connectivity index (χ0v) is 6.35. The molecule has 7 nitrogen and oxygen atoms in total. The van der Waals surface area contributed by atoms with E-state index >= 15 is 0 Å². The molecule has 0 saturated heterocycles. The van der Waals surface area contributed by atoms with Crippen LogP contribution in [0.2, 0.25) is 0 Å². The Morgan fingerprint density at radius 2 is 2.38 bits per heavy atom. The first-order valence-electron chi connectivity index (χ1n) is 3.38. The minimum Gasteiger partial charge on any atom is -0.476 e. The van der Waals surface area contributed by atoms with Crippen LogP contribution in [-0.4, -0.2) is 31.2 Å². The van der Waals surface area contributed by atoms with Crippen LogP contribution in [0, 0.1) is 0 Å². The smallest absolute Gasteiger partial charge is 0.358 e. The molecule has 0 spiro atoms. The van der Waals surface area contributed by atoms with Crippen LogP contribution in [0.4, 0.5) is 5.95 Å². The first-order chi connectivity index (χ1) is 6.18. The lowest BCUT2D eigenvalue weighted by molar-refractivity contribution is 0.0692. The predicted octanol–water partition coefficient (Wildman–Crippen LogP) is -0.367. The van der Waals surface area contributed by atoms with Crippen LogP contribution in [0.1, 0.15) is 10.5 Å². The summed E-state index contributed by atoms with van der Waals surface area (Å²) in [5, 5.41) is 14.7. The quantitative estimate of drug-likeness (QED) is 0.549. The number of rotatable bonds is 1. The maximum atomic E-state index is 10.6. The first-order valence-corrected chi connectivity index (χ1v) is 3.38. The predicted molar refractivity (Wildman–Crippen MR) is 43.1 cm³/mol. The van der Waals surface area contributed by atoms with E-state index in [0.717, 1.165) is 0 Å². The van der Waals surface area contributed by atoms with Gasteiger partial charge in [-0.3, -0.25) is 5.10 Å². The Balaban J connectivity index is 2.79. The molecule has 2 aromatic rings. The third-order valence-corrected chi connectivity index (χ3v) is 1.52. The number of carbonyl (C=O) groups is 1. The highest BCUT2D eigenvalue weighted by molar-refractivity contribution is 5.98. The van der Waals surface area contributed by atoms with E-state index in [1.54, 1.807) is 0 Å². The summed E-state index contributed by atoms with van der Waals surface area (Å²) < 4.78 is 0. The van der Waals surface area contributed by atoms with E-state index in [1.807, 2.05) is 0 Å². The molecule has 66 valence electrons. The second-order valence-corrected chi connectivity index (χ2v) is 2.37. The van der Waals surface area contributed by atoms with Crippen molar-refractivity contribution in [3.05, 3.63) is 11.9 Å². The van der Waals surface area contributed by atoms with Gasteiger partial charge in [-0.05, 0) is 0 Å². The number of hydrogen-bond acceptors (Lipinski definition) is 5. The number of fused-ring (bicyclic) bond motifs is 1. The van der Waals surface area contributed by atoms with Crippen molar-refractivity contribution in [1.82, 2.24) is 20.2 Å². The molecule has 0 aliphatic rings. The lowest BCUT2D eigenvalue weighted by Crippen LogP contribution is -1.99. The molecular formula is C6H5N5O2. The molecule has 0 atom stereocenters. The number of H-pyrrole nitrogens is 1. The molecule has 13 heavy (non-hydrogen) atoms. The van der Waals surface area contributed by atoms with Crippen molar-refractivity contribution in [2.24, 2.45) is 0 Å². The zero-order valence-electron chi connectivity index (χ0n) is 6.35. The number of hydrogen-bond donors (Lipinski definition) is 3. The van der Waals surface area contributed by atoms with Crippen molar-refractivity contribution in [2.45, 2.75) is 0 Å². The van der Waals surface area contributed by atoms with Gasteiger partial charge in [0.2, 0.25) is 5.95 Å². The first kappa shape index (κ1) is 7.47. The number of aromatic carboxylic acids is 1. The van der Waals surface area contributed by atoms with Gasteiger partial charge in [0.05, 0.1) is 6.20 Å². The Bertz CT molecular complexity index is 477. The minimum atomic E-state index is -1.15. The standard InChI is InChI=1S/C6H5N5O2/c7-6-8-1-2-3(9-6)4(5(12)13)11-10-2/h1H,(H,10,11)(H,12,13)(H2,7,8,9). The fourth-order valence-corrected chi connectivity index (χ4v) is 0.976. The highest BCUT2D eigenvalue weighted by atomic mass is 16.4. The number of anilines is 1. The highest BCUT2D eigenvalue weighted by Gasteiger charge is 2.14. The third kappa shape index (κ3) is 1.06. The SMILES string of the molecule is Nc1ncc2[nH]nc(C(=O)O)c2n1. The van der Waals surface area contributed by atoms with Gasteiger partial charge >= 0.3 is 5.97 Å². The summed E-state index contributed by atoms with van der Waals surface area (Å²) in [6, 6.07) is 0. The number of aromatic nitrogens is 4. The number of nitrogens with two attached hydrogens (primary N) is 1. The summed E-state index contributed by atoms with van der Waals surface area (Å²) in [6.07, 6.45) is 1.39. The van der Waals surface area contributed by atoms with Gasteiger partial charge in [0.1, 0.15) is 11.0 Å². The van der Waals surface area contributed by atoms with E-state index in [2.05, 4.69) is 20.2 Å². The molecule has 0 aromatic carbocycles. The van der Waals surface area contributed by atoms with Crippen molar-refractivity contribution in [2.75, 3.05) is 5.73 Å². The number of nitrogen functional groups attached to an aromatic ring is 1. The molecule has 0 aliphatic carbocycles. The maximum Gasteiger partial charge on any atom is 0.358 e. The molecule has 0 saturated carbocycles. The molecule has 0 aliphatic heterocycles. The largest absolute Gasteiger partial charge is 0.476 e. The van der Waals surface area contributed by atoms with Gasteiger partial charge in [0.25, 0.3) is 0 Å². The molecule has 0 radical (unpaired) electrons. The van der Waals surface area contributed by atoms with Crippen LogP contribution >= 0.6 is 0 Å². The molecule has 2 heterocycles. The Hall–Kier alpha value is -2.18. The molecule has 0 amide bonds. The second-order valence-electron chi connectivity index (χ2n) is 2.37. The van der Waals surface area contributed by atoms with Crippen molar-refractivity contribution >= 4 is 23.0 Å². The molecular weight excluding hydrogens is 174 g/mol. The van der Waals surface area contributed by atoms with E-state index in [-0.39, 0.29) is 17.2 Å². The molecule has 0 fully saturated rings. The van der Waals surface area contributed by atoms with Gasteiger partial charge < -0.3 is 10.8 Å². The summed E-state index contributed by atoms with van der Waals surface area (Å²) in [4.78, 5) is 18.0. The summed E-state index contributed by atoms with van der Waals surface area (Å²) in [5.41, 5.74) is 5.82. The van der Waals surface area contributed by atoms with Gasteiger partial charge in [-0.1, -0.05) is 0 Å². The van der Waals surface area contributed by atoms with Gasteiger partial charge in [0, 0.05) is 0 Å². The van der Waals surface area contributed by atoms with Crippen LogP contribution in [0.5, 0.6) is 0 Å². The van der Waals surface area contributed by atoms with Crippen LogP contribution in [0.15, 0.2) is 6.20 Å². The van der Waals surface area contributed by atoms with Crippen molar-refractivity contribution in [1.29, 1.82) is 0 Å². The minimum absolute atomic E-state index is 0.0244. The fraction of sp³-hybridized carbons (Fsp3) is 0. The molecule has 7 heteroatoms. The molecule has 2 aromatic heterocycles. The topological polar surface area (TPSA) is 118 Å². The number of nitrogens with zero attached hydrogens (tertiary/aromatic N) is 3. The van der Waals surface area contributed by atoms with E-state index in [0.29, 0.717) is 5.52 Å². The number of nitrogens with one attached hydrogen (secondary N) is 1. The van der Waals surface area contributed by atoms with Gasteiger partial charge in [-0.2, -0.15) is 5.10 Å². The van der Waals surface area contributed by atoms with Crippen LogP contribution < -0.4 is 5.73 Å². The second kappa shape index (κ2) is 2.41. The summed E-state index contributed by atoms with van der Waals surface area (Å²) >= 11 is 0. The van der Waals surface area contributed by atoms with Gasteiger partial charge in [-0.15, -0.1) is 0 Å². The molecule has 4 N–H and O–H groups in total. The number of aromatic amines is 1. The van der Waals surface area contributed by atoms with E-state index in [9.17, 15) is 4.79 Å². The van der Waals surface area contributed by atoms with Crippen molar-refractivity contribution < 1.29 is 9.90 Å². The van der Waals surface area contributed by atoms with Gasteiger partial charge in [0.15, 0.2) is 5.69 Å². The van der Waals surface area contributed by atoms with E-state index in [4.69, 9.17) is 10.8 Å². The Labute approximate surface area is 71.6 Å². The van der Waals surface area contributed by atoms with E-state index < -0.39 is 5.97 Å². The lowest BCUT2D eigenvalue weighted by Gasteiger charge is -1.90. The highest BCUT2D eigenvalue weighted by Crippen LogP contribution is 2.12. The third-order valence-electron chi connectivity index (χ3n) is 1.52. The van der Waals surface area contributed by atoms with E-state index in [1.165, 1.54) is 6.20 Å². The van der Waals surface area contributed by atoms with Crippen molar-refractivity contribution in [3.63, 3.8) is 0 Å². The van der Waals surface area contributed by atoms with Crippen LogP contribution in [-0.2, 0) is 0 Å². The average Bonchev–Trinajstić information content (AvgIpc) is 2.46. The monoisotopic (exact) mass is 179 g/mol. The normalized spacial score (nSPS) is 10.5. The summed E-state index contributed by atoms with van der Waals surface area (Å²) in [7, 11) is 0. The Morgan fingerprint density at radius 3 is 3.08 bits per heavy atom. The fourth-order valence-electron chi connectivity index (χ4n) is 0.976. The van der Waals surface area contributed by atoms with Crippen molar-refractivity contribution in [3.8, 4) is 0 Å². The summed E-state index contributed by atoms with van der Waals surface area (Å²) in [6.45, 7) is 0.